The van der Waals surface area contributed by atoms with Crippen molar-refractivity contribution in [1.82, 2.24) is 0 Å². The van der Waals surface area contributed by atoms with Gasteiger partial charge in [0.15, 0.2) is 0 Å². The van der Waals surface area contributed by atoms with E-state index in [9.17, 15) is 4.79 Å². The van der Waals surface area contributed by atoms with Crippen LogP contribution in [0.4, 0.5) is 0 Å². The predicted molar refractivity (Wildman–Crippen MR) is 76.1 cm³/mol. The van der Waals surface area contributed by atoms with Gasteiger partial charge in [0.1, 0.15) is 0 Å². The maximum atomic E-state index is 10.4. The molecule has 1 rings (SSSR count). The summed E-state index contributed by atoms with van der Waals surface area (Å²) < 4.78 is 0. The SMILES string of the molecule is CC(C)(C)c1ccc(C(N)CCCCC(=O)O)s1. The highest BCUT2D eigenvalue weighted by atomic mass is 32.1. The van der Waals surface area contributed by atoms with Gasteiger partial charge in [0.05, 0.1) is 0 Å². The Morgan fingerprint density at radius 3 is 2.56 bits per heavy atom. The topological polar surface area (TPSA) is 63.3 Å². The molecule has 0 spiro atoms. The first-order valence-corrected chi connectivity index (χ1v) is 7.20. The average molecular weight is 269 g/mol. The molecule has 0 saturated carbocycles. The lowest BCUT2D eigenvalue weighted by Gasteiger charge is -2.15. The molecule has 18 heavy (non-hydrogen) atoms. The number of unbranched alkanes of at least 4 members (excludes halogenated alkanes) is 1. The molecule has 1 aromatic rings. The van der Waals surface area contributed by atoms with Crippen LogP contribution in [0.25, 0.3) is 0 Å². The van der Waals surface area contributed by atoms with E-state index in [0.717, 1.165) is 12.8 Å². The summed E-state index contributed by atoms with van der Waals surface area (Å²) in [6.07, 6.45) is 2.68. The zero-order valence-electron chi connectivity index (χ0n) is 11.4. The van der Waals surface area contributed by atoms with Gasteiger partial charge in [-0.25, -0.2) is 0 Å². The van der Waals surface area contributed by atoms with Gasteiger partial charge in [-0.3, -0.25) is 4.79 Å². The molecular weight excluding hydrogens is 246 g/mol. The van der Waals surface area contributed by atoms with Crippen LogP contribution in [0.15, 0.2) is 12.1 Å². The predicted octanol–water partition coefficient (Wildman–Crippen LogP) is 3.69. The van der Waals surface area contributed by atoms with Crippen LogP contribution in [0.5, 0.6) is 0 Å². The Bertz CT molecular complexity index is 393. The summed E-state index contributed by atoms with van der Waals surface area (Å²) >= 11 is 1.77. The molecule has 0 radical (unpaired) electrons. The van der Waals surface area contributed by atoms with Gasteiger partial charge in [0.25, 0.3) is 0 Å². The highest BCUT2D eigenvalue weighted by Gasteiger charge is 2.18. The minimum atomic E-state index is -0.727. The fraction of sp³-hybridized carbons (Fsp3) is 0.643. The van der Waals surface area contributed by atoms with Crippen LogP contribution in [0.2, 0.25) is 0 Å². The van der Waals surface area contributed by atoms with Crippen molar-refractivity contribution in [2.24, 2.45) is 5.73 Å². The number of carboxylic acids is 1. The van der Waals surface area contributed by atoms with Crippen LogP contribution in [-0.2, 0) is 10.2 Å². The van der Waals surface area contributed by atoms with Crippen molar-refractivity contribution in [3.63, 3.8) is 0 Å². The molecule has 0 aromatic carbocycles. The molecule has 0 amide bonds. The Morgan fingerprint density at radius 1 is 1.39 bits per heavy atom. The van der Waals surface area contributed by atoms with Crippen molar-refractivity contribution >= 4 is 17.3 Å². The fourth-order valence-corrected chi connectivity index (χ4v) is 2.84. The standard InChI is InChI=1S/C14H23NO2S/c1-14(2,3)12-9-8-11(18-12)10(15)6-4-5-7-13(16)17/h8-10H,4-7,15H2,1-3H3,(H,16,17). The summed E-state index contributed by atoms with van der Waals surface area (Å²) in [5, 5.41) is 8.56. The number of nitrogens with two attached hydrogens (primary N) is 1. The Balaban J connectivity index is 2.44. The molecule has 4 heteroatoms. The number of aliphatic carboxylic acids is 1. The van der Waals surface area contributed by atoms with E-state index in [4.69, 9.17) is 10.8 Å². The Morgan fingerprint density at radius 2 is 2.06 bits per heavy atom. The molecule has 1 heterocycles. The largest absolute Gasteiger partial charge is 0.481 e. The molecule has 1 atom stereocenters. The highest BCUT2D eigenvalue weighted by molar-refractivity contribution is 7.12. The smallest absolute Gasteiger partial charge is 0.303 e. The van der Waals surface area contributed by atoms with Crippen LogP contribution in [-0.4, -0.2) is 11.1 Å². The van der Waals surface area contributed by atoms with E-state index in [1.807, 2.05) is 0 Å². The third kappa shape index (κ3) is 4.78. The third-order valence-corrected chi connectivity index (χ3v) is 4.53. The third-order valence-electron chi connectivity index (χ3n) is 2.89. The first-order chi connectivity index (χ1) is 8.30. The van der Waals surface area contributed by atoms with Gasteiger partial charge in [-0.15, -0.1) is 11.3 Å². The zero-order valence-corrected chi connectivity index (χ0v) is 12.2. The van der Waals surface area contributed by atoms with E-state index < -0.39 is 5.97 Å². The highest BCUT2D eigenvalue weighted by Crippen LogP contribution is 2.32. The molecule has 0 bridgehead atoms. The summed E-state index contributed by atoms with van der Waals surface area (Å²) in [6, 6.07) is 4.30. The van der Waals surface area contributed by atoms with E-state index in [0.29, 0.717) is 6.42 Å². The molecule has 1 unspecified atom stereocenters. The second kappa shape index (κ2) is 6.34. The van der Waals surface area contributed by atoms with Gasteiger partial charge < -0.3 is 10.8 Å². The number of hydrogen-bond donors (Lipinski definition) is 2. The minimum absolute atomic E-state index is 0.0416. The van der Waals surface area contributed by atoms with Crippen LogP contribution in [0.3, 0.4) is 0 Å². The Kier molecular flexibility index (Phi) is 5.35. The van der Waals surface area contributed by atoms with Crippen LogP contribution < -0.4 is 5.73 Å². The number of rotatable bonds is 6. The van der Waals surface area contributed by atoms with Gasteiger partial charge in [0, 0.05) is 22.2 Å². The minimum Gasteiger partial charge on any atom is -0.481 e. The Hall–Kier alpha value is -0.870. The maximum absolute atomic E-state index is 10.4. The first kappa shape index (κ1) is 15.2. The summed E-state index contributed by atoms with van der Waals surface area (Å²) in [7, 11) is 0. The lowest BCUT2D eigenvalue weighted by atomic mass is 9.95. The number of carboxylic acid groups (broad SMARTS) is 1. The van der Waals surface area contributed by atoms with E-state index >= 15 is 0 Å². The van der Waals surface area contributed by atoms with Gasteiger partial charge in [-0.05, 0) is 30.4 Å². The molecule has 0 aliphatic carbocycles. The van der Waals surface area contributed by atoms with Crippen molar-refractivity contribution in [2.45, 2.75) is 57.9 Å². The monoisotopic (exact) mass is 269 g/mol. The first-order valence-electron chi connectivity index (χ1n) is 6.38. The van der Waals surface area contributed by atoms with E-state index in [2.05, 4.69) is 32.9 Å². The van der Waals surface area contributed by atoms with Crippen LogP contribution >= 0.6 is 11.3 Å². The summed E-state index contributed by atoms with van der Waals surface area (Å²) in [5.41, 5.74) is 6.30. The van der Waals surface area contributed by atoms with Crippen molar-refractivity contribution in [3.05, 3.63) is 21.9 Å². The fourth-order valence-electron chi connectivity index (χ4n) is 1.74. The van der Waals surface area contributed by atoms with Gasteiger partial charge in [-0.1, -0.05) is 27.2 Å². The van der Waals surface area contributed by atoms with E-state index in [-0.39, 0.29) is 17.9 Å². The molecule has 0 aliphatic heterocycles. The lowest BCUT2D eigenvalue weighted by molar-refractivity contribution is -0.137. The van der Waals surface area contributed by atoms with Crippen molar-refractivity contribution in [3.8, 4) is 0 Å². The van der Waals surface area contributed by atoms with Crippen LogP contribution in [0, 0.1) is 0 Å². The molecule has 0 saturated heterocycles. The van der Waals surface area contributed by atoms with Crippen molar-refractivity contribution in [2.75, 3.05) is 0 Å². The quantitative estimate of drug-likeness (QED) is 0.774. The molecular formula is C14H23NO2S. The lowest BCUT2D eigenvalue weighted by Crippen LogP contribution is -2.09. The number of hydrogen-bond acceptors (Lipinski definition) is 3. The van der Waals surface area contributed by atoms with Gasteiger partial charge in [0.2, 0.25) is 0 Å². The second-order valence-corrected chi connectivity index (χ2v) is 6.81. The maximum Gasteiger partial charge on any atom is 0.303 e. The Labute approximate surface area is 113 Å². The molecule has 1 aromatic heterocycles. The second-order valence-electron chi connectivity index (χ2n) is 5.70. The van der Waals surface area contributed by atoms with Gasteiger partial charge >= 0.3 is 5.97 Å². The molecule has 0 fully saturated rings. The van der Waals surface area contributed by atoms with Crippen LogP contribution in [0.1, 0.15) is 62.3 Å². The molecule has 102 valence electrons. The molecule has 3 N–H and O–H groups in total. The number of carbonyl (C=O) groups is 1. The molecule has 0 aliphatic rings. The summed E-state index contributed by atoms with van der Waals surface area (Å²) in [4.78, 5) is 12.9. The summed E-state index contributed by atoms with van der Waals surface area (Å²) in [6.45, 7) is 6.59. The normalized spacial score (nSPS) is 13.6. The van der Waals surface area contributed by atoms with Gasteiger partial charge in [-0.2, -0.15) is 0 Å². The van der Waals surface area contributed by atoms with E-state index in [1.165, 1.54) is 9.75 Å². The zero-order chi connectivity index (χ0) is 13.8. The number of thiophene rings is 1. The summed E-state index contributed by atoms with van der Waals surface area (Å²) in [5.74, 6) is -0.727. The van der Waals surface area contributed by atoms with Crippen molar-refractivity contribution in [1.29, 1.82) is 0 Å². The van der Waals surface area contributed by atoms with E-state index in [1.54, 1.807) is 11.3 Å². The van der Waals surface area contributed by atoms with Crippen molar-refractivity contribution < 1.29 is 9.90 Å². The average Bonchev–Trinajstić information content (AvgIpc) is 2.72. The molecule has 3 nitrogen and oxygen atoms in total.